The first-order valence-electron chi connectivity index (χ1n) is 15.3. The Morgan fingerprint density at radius 1 is 0.486 bits per heavy atom. The van der Waals surface area contributed by atoms with E-state index in [9.17, 15) is 9.59 Å². The Morgan fingerprint density at radius 3 is 1.03 bits per heavy atom. The molecule has 0 radical (unpaired) electrons. The number of carbonyl (C=O) groups excluding carboxylic acids is 2. The average Bonchev–Trinajstić information content (AvgIpc) is 3.17. The van der Waals surface area contributed by atoms with Crippen molar-refractivity contribution in [3.63, 3.8) is 0 Å². The number of rotatable bonds is 24. The summed E-state index contributed by atoms with van der Waals surface area (Å²) in [7, 11) is 0. The lowest BCUT2D eigenvalue weighted by Crippen LogP contribution is -2.37. The molecule has 0 aromatic carbocycles. The number of Topliss-reactive ketones (excluding diaryl/α,β-unsaturated/α-hetero) is 2. The van der Waals surface area contributed by atoms with E-state index in [-0.39, 0.29) is 11.6 Å². The van der Waals surface area contributed by atoms with Gasteiger partial charge in [0, 0.05) is 12.8 Å². The summed E-state index contributed by atoms with van der Waals surface area (Å²) in [4.78, 5) is 25.7. The van der Waals surface area contributed by atoms with Gasteiger partial charge in [0.2, 0.25) is 0 Å². The summed E-state index contributed by atoms with van der Waals surface area (Å²) in [5, 5.41) is 0. The van der Waals surface area contributed by atoms with Crippen LogP contribution >= 0.6 is 0 Å². The van der Waals surface area contributed by atoms with Gasteiger partial charge in [0.25, 0.3) is 0 Å². The standard InChI is InChI=1S/C31H58O4/c1-5-7-9-11-13-15-17-19-21-23-25-27(32)29-30(35-31(3,4)34-29)28(33)26-24-22-20-18-16-14-12-10-8-6-2/h29-30H,5-26H2,1-4H3/t29-,30-/m0/s1. The van der Waals surface area contributed by atoms with Gasteiger partial charge in [-0.3, -0.25) is 9.59 Å². The van der Waals surface area contributed by atoms with E-state index in [0.717, 1.165) is 25.7 Å². The number of hydrogen-bond acceptors (Lipinski definition) is 4. The van der Waals surface area contributed by atoms with E-state index in [1.54, 1.807) is 0 Å². The van der Waals surface area contributed by atoms with Gasteiger partial charge in [0.15, 0.2) is 29.6 Å². The van der Waals surface area contributed by atoms with Crippen LogP contribution in [-0.2, 0) is 19.1 Å². The minimum atomic E-state index is -0.865. The number of ether oxygens (including phenoxy) is 2. The molecule has 0 aromatic heterocycles. The summed E-state index contributed by atoms with van der Waals surface area (Å²) in [6, 6.07) is 0. The molecule has 1 rings (SSSR count). The maximum Gasteiger partial charge on any atom is 0.165 e. The zero-order valence-corrected chi connectivity index (χ0v) is 23.8. The Kier molecular flexibility index (Phi) is 18.8. The zero-order valence-electron chi connectivity index (χ0n) is 23.8. The maximum absolute atomic E-state index is 12.9. The van der Waals surface area contributed by atoms with E-state index in [2.05, 4.69) is 13.8 Å². The highest BCUT2D eigenvalue weighted by molar-refractivity contribution is 5.93. The molecule has 0 saturated carbocycles. The van der Waals surface area contributed by atoms with Crippen molar-refractivity contribution in [3.8, 4) is 0 Å². The Balaban J connectivity index is 2.19. The fourth-order valence-corrected chi connectivity index (χ4v) is 5.09. The van der Waals surface area contributed by atoms with Crippen LogP contribution in [0.4, 0.5) is 0 Å². The molecule has 2 atom stereocenters. The predicted octanol–water partition coefficient (Wildman–Crippen LogP) is 9.27. The van der Waals surface area contributed by atoms with E-state index in [4.69, 9.17) is 9.47 Å². The largest absolute Gasteiger partial charge is 0.336 e. The van der Waals surface area contributed by atoms with Gasteiger partial charge < -0.3 is 9.47 Å². The Bertz CT molecular complexity index is 496. The highest BCUT2D eigenvalue weighted by atomic mass is 16.8. The molecule has 206 valence electrons. The van der Waals surface area contributed by atoms with Crippen molar-refractivity contribution in [1.82, 2.24) is 0 Å². The molecule has 0 aromatic rings. The van der Waals surface area contributed by atoms with Gasteiger partial charge in [-0.15, -0.1) is 0 Å². The topological polar surface area (TPSA) is 52.6 Å². The molecule has 1 fully saturated rings. The third-order valence-electron chi connectivity index (χ3n) is 7.28. The summed E-state index contributed by atoms with van der Waals surface area (Å²) < 4.78 is 11.8. The summed E-state index contributed by atoms with van der Waals surface area (Å²) in [5.74, 6) is -0.788. The first-order chi connectivity index (χ1) is 16.9. The normalized spacial score (nSPS) is 19.3. The van der Waals surface area contributed by atoms with Crippen LogP contribution in [0.3, 0.4) is 0 Å². The van der Waals surface area contributed by atoms with E-state index in [1.807, 2.05) is 13.8 Å². The summed E-state index contributed by atoms with van der Waals surface area (Å²) >= 11 is 0. The molecule has 0 aliphatic carbocycles. The van der Waals surface area contributed by atoms with Crippen molar-refractivity contribution < 1.29 is 19.1 Å². The lowest BCUT2D eigenvalue weighted by Gasteiger charge is -2.16. The maximum atomic E-state index is 12.9. The predicted molar refractivity (Wildman–Crippen MR) is 147 cm³/mol. The summed E-state index contributed by atoms with van der Waals surface area (Å²) in [6.45, 7) is 8.12. The second kappa shape index (κ2) is 20.3. The molecule has 4 heteroatoms. The first kappa shape index (κ1) is 32.3. The highest BCUT2D eigenvalue weighted by Crippen LogP contribution is 2.31. The molecule has 1 aliphatic rings. The van der Waals surface area contributed by atoms with Gasteiger partial charge in [-0.05, 0) is 26.7 Å². The molecule has 4 nitrogen and oxygen atoms in total. The van der Waals surface area contributed by atoms with Crippen LogP contribution < -0.4 is 0 Å². The van der Waals surface area contributed by atoms with E-state index in [0.29, 0.717) is 12.8 Å². The van der Waals surface area contributed by atoms with Crippen molar-refractivity contribution >= 4 is 11.6 Å². The Morgan fingerprint density at radius 2 is 0.743 bits per heavy atom. The van der Waals surface area contributed by atoms with Crippen molar-refractivity contribution in [2.75, 3.05) is 0 Å². The van der Waals surface area contributed by atoms with Crippen LogP contribution in [0.15, 0.2) is 0 Å². The molecular weight excluding hydrogens is 436 g/mol. The molecule has 1 aliphatic heterocycles. The minimum Gasteiger partial charge on any atom is -0.336 e. The van der Waals surface area contributed by atoms with Gasteiger partial charge in [-0.2, -0.15) is 0 Å². The molecule has 0 spiro atoms. The quantitative estimate of drug-likeness (QED) is 0.125. The number of hydrogen-bond donors (Lipinski definition) is 0. The van der Waals surface area contributed by atoms with Crippen LogP contribution in [-0.4, -0.2) is 29.6 Å². The molecule has 35 heavy (non-hydrogen) atoms. The minimum absolute atomic E-state index is 0.0385. The second-order valence-corrected chi connectivity index (χ2v) is 11.3. The molecule has 0 bridgehead atoms. The van der Waals surface area contributed by atoms with Crippen molar-refractivity contribution in [2.45, 2.75) is 187 Å². The number of unbranched alkanes of at least 4 members (excludes halogenated alkanes) is 18. The van der Waals surface area contributed by atoms with Crippen LogP contribution in [0.1, 0.15) is 169 Å². The second-order valence-electron chi connectivity index (χ2n) is 11.3. The van der Waals surface area contributed by atoms with Gasteiger partial charge >= 0.3 is 0 Å². The van der Waals surface area contributed by atoms with Crippen LogP contribution in [0.25, 0.3) is 0 Å². The van der Waals surface area contributed by atoms with Gasteiger partial charge in [-0.1, -0.05) is 129 Å². The van der Waals surface area contributed by atoms with Gasteiger partial charge in [0.05, 0.1) is 0 Å². The molecule has 0 N–H and O–H groups in total. The smallest absolute Gasteiger partial charge is 0.165 e. The molecule has 1 saturated heterocycles. The number of carbonyl (C=O) groups is 2. The van der Waals surface area contributed by atoms with Crippen molar-refractivity contribution in [2.24, 2.45) is 0 Å². The SMILES string of the molecule is CCCCCCCCCCCCC(=O)[C@@H]1OC(C)(C)O[C@H]1C(=O)CCCCCCCCCCCC. The average molecular weight is 495 g/mol. The summed E-state index contributed by atoms with van der Waals surface area (Å²) in [5.41, 5.74) is 0. The molecular formula is C31H58O4. The highest BCUT2D eigenvalue weighted by Gasteiger charge is 2.47. The molecule has 0 amide bonds. The lowest BCUT2D eigenvalue weighted by atomic mass is 9.97. The third-order valence-corrected chi connectivity index (χ3v) is 7.28. The fraction of sp³-hybridized carbons (Fsp3) is 0.935. The zero-order chi connectivity index (χ0) is 25.8. The molecule has 0 unspecified atom stereocenters. The van der Waals surface area contributed by atoms with E-state index >= 15 is 0 Å². The van der Waals surface area contributed by atoms with Crippen LogP contribution in [0.5, 0.6) is 0 Å². The van der Waals surface area contributed by atoms with E-state index < -0.39 is 18.0 Å². The monoisotopic (exact) mass is 494 g/mol. The number of ketones is 2. The van der Waals surface area contributed by atoms with Gasteiger partial charge in [0.1, 0.15) is 0 Å². The Labute approximate surface area is 217 Å². The lowest BCUT2D eigenvalue weighted by molar-refractivity contribution is -0.158. The third kappa shape index (κ3) is 15.9. The summed E-state index contributed by atoms with van der Waals surface area (Å²) in [6.07, 6.45) is 24.4. The van der Waals surface area contributed by atoms with Crippen LogP contribution in [0.2, 0.25) is 0 Å². The fourth-order valence-electron chi connectivity index (χ4n) is 5.09. The van der Waals surface area contributed by atoms with Crippen molar-refractivity contribution in [1.29, 1.82) is 0 Å². The Hall–Kier alpha value is -0.740. The molecule has 1 heterocycles. The van der Waals surface area contributed by atoms with Gasteiger partial charge in [-0.25, -0.2) is 0 Å². The van der Waals surface area contributed by atoms with Crippen molar-refractivity contribution in [3.05, 3.63) is 0 Å². The van der Waals surface area contributed by atoms with Crippen LogP contribution in [0, 0.1) is 0 Å². The first-order valence-corrected chi connectivity index (χ1v) is 15.3. The van der Waals surface area contributed by atoms with E-state index in [1.165, 1.54) is 103 Å².